The number of amides is 1. The Morgan fingerprint density at radius 1 is 1.32 bits per heavy atom. The van der Waals surface area contributed by atoms with Crippen LogP contribution in [-0.4, -0.2) is 34.9 Å². The number of hydrogen-bond donors (Lipinski definition) is 1. The molecule has 25 heavy (non-hydrogen) atoms. The van der Waals surface area contributed by atoms with Gasteiger partial charge in [0.25, 0.3) is 5.91 Å². The molecule has 0 bridgehead atoms. The van der Waals surface area contributed by atoms with Gasteiger partial charge in [-0.2, -0.15) is 0 Å². The molecule has 1 aromatic carbocycles. The van der Waals surface area contributed by atoms with Crippen LogP contribution in [0.5, 0.6) is 0 Å². The first-order valence-electron chi connectivity index (χ1n) is 8.10. The van der Waals surface area contributed by atoms with Crippen molar-refractivity contribution in [3.63, 3.8) is 0 Å². The van der Waals surface area contributed by atoms with E-state index in [1.54, 1.807) is 18.3 Å². The fourth-order valence-electron chi connectivity index (χ4n) is 3.30. The Labute approximate surface area is 143 Å². The number of pyridine rings is 1. The number of halogens is 3. The van der Waals surface area contributed by atoms with E-state index in [4.69, 9.17) is 0 Å². The number of benzene rings is 1. The number of likely N-dealkylation sites (N-methyl/N-ethyl adjacent to an activating group) is 1. The van der Waals surface area contributed by atoms with Crippen molar-refractivity contribution in [3.8, 4) is 0 Å². The molecule has 2 aromatic rings. The third-order valence-electron chi connectivity index (χ3n) is 4.50. The van der Waals surface area contributed by atoms with Crippen LogP contribution in [0.3, 0.4) is 0 Å². The Bertz CT molecular complexity index is 746. The van der Waals surface area contributed by atoms with E-state index in [-0.39, 0.29) is 11.9 Å². The number of carbonyl (C=O) groups is 1. The van der Waals surface area contributed by atoms with Crippen molar-refractivity contribution in [1.29, 1.82) is 0 Å². The van der Waals surface area contributed by atoms with Gasteiger partial charge in [0.15, 0.2) is 17.5 Å². The Hall–Kier alpha value is -2.41. The summed E-state index contributed by atoms with van der Waals surface area (Å²) in [6.07, 6.45) is 3.65. The van der Waals surface area contributed by atoms with Gasteiger partial charge in [0.1, 0.15) is 0 Å². The van der Waals surface area contributed by atoms with Crippen LogP contribution in [0.25, 0.3) is 0 Å². The normalized spacial score (nSPS) is 20.6. The molecular formula is C18H18F3N3O. The van der Waals surface area contributed by atoms with Crippen LogP contribution in [0.2, 0.25) is 0 Å². The maximum Gasteiger partial charge on any atom is 0.253 e. The highest BCUT2D eigenvalue weighted by Crippen LogP contribution is 2.33. The fourth-order valence-corrected chi connectivity index (χ4v) is 3.30. The molecule has 4 nitrogen and oxygen atoms in total. The van der Waals surface area contributed by atoms with E-state index in [1.165, 1.54) is 6.20 Å². The summed E-state index contributed by atoms with van der Waals surface area (Å²) in [7, 11) is 0. The van der Waals surface area contributed by atoms with Gasteiger partial charge in [0, 0.05) is 18.9 Å². The van der Waals surface area contributed by atoms with Crippen LogP contribution in [-0.2, 0) is 0 Å². The molecule has 7 heteroatoms. The molecule has 0 aliphatic carbocycles. The Morgan fingerprint density at radius 2 is 2.04 bits per heavy atom. The average molecular weight is 349 g/mol. The van der Waals surface area contributed by atoms with Gasteiger partial charge >= 0.3 is 0 Å². The highest BCUT2D eigenvalue weighted by atomic mass is 19.2. The van der Waals surface area contributed by atoms with Crippen LogP contribution in [0.4, 0.5) is 13.2 Å². The molecule has 3 rings (SSSR count). The predicted octanol–water partition coefficient (Wildman–Crippen LogP) is 3.06. The quantitative estimate of drug-likeness (QED) is 0.863. The summed E-state index contributed by atoms with van der Waals surface area (Å²) in [6.45, 7) is 3.23. The van der Waals surface area contributed by atoms with Crippen molar-refractivity contribution in [2.75, 3.05) is 13.1 Å². The minimum Gasteiger partial charge on any atom is -0.347 e. The van der Waals surface area contributed by atoms with Crippen molar-refractivity contribution >= 4 is 5.91 Å². The van der Waals surface area contributed by atoms with Gasteiger partial charge in [-0.15, -0.1) is 0 Å². The first-order valence-corrected chi connectivity index (χ1v) is 8.10. The summed E-state index contributed by atoms with van der Waals surface area (Å²) >= 11 is 0. The molecule has 1 saturated heterocycles. The Kier molecular flexibility index (Phi) is 5.03. The summed E-state index contributed by atoms with van der Waals surface area (Å²) in [4.78, 5) is 18.3. The minimum absolute atomic E-state index is 0.302. The largest absolute Gasteiger partial charge is 0.347 e. The molecule has 2 atom stereocenters. The highest BCUT2D eigenvalue weighted by Gasteiger charge is 2.36. The smallest absolute Gasteiger partial charge is 0.253 e. The lowest BCUT2D eigenvalue weighted by molar-refractivity contribution is 0.0925. The molecule has 2 heterocycles. The number of rotatable bonds is 4. The molecule has 1 N–H and O–H groups in total. The van der Waals surface area contributed by atoms with Crippen LogP contribution in [0.15, 0.2) is 36.7 Å². The van der Waals surface area contributed by atoms with Crippen molar-refractivity contribution < 1.29 is 18.0 Å². The zero-order valence-electron chi connectivity index (χ0n) is 13.7. The number of nitrogens with one attached hydrogen (secondary N) is 1. The summed E-state index contributed by atoms with van der Waals surface area (Å²) < 4.78 is 40.6. The molecule has 1 amide bonds. The van der Waals surface area contributed by atoms with E-state index < -0.39 is 23.5 Å². The summed E-state index contributed by atoms with van der Waals surface area (Å²) in [5.74, 6) is -4.24. The van der Waals surface area contributed by atoms with Gasteiger partial charge in [-0.25, -0.2) is 13.2 Å². The Morgan fingerprint density at radius 3 is 2.64 bits per heavy atom. The van der Waals surface area contributed by atoms with Gasteiger partial charge in [-0.1, -0.05) is 6.92 Å². The second kappa shape index (κ2) is 7.23. The van der Waals surface area contributed by atoms with Crippen LogP contribution < -0.4 is 5.32 Å². The van der Waals surface area contributed by atoms with Gasteiger partial charge < -0.3 is 5.32 Å². The van der Waals surface area contributed by atoms with Crippen molar-refractivity contribution in [2.24, 2.45) is 0 Å². The van der Waals surface area contributed by atoms with Crippen molar-refractivity contribution in [2.45, 2.75) is 25.4 Å². The lowest BCUT2D eigenvalue weighted by Gasteiger charge is -2.28. The standard InChI is InChI=1S/C18H18F3N3O/c1-2-24-7-5-15(23-18(25)11-4-3-6-22-10-11)17(24)12-8-13(19)16(21)14(20)9-12/h3-4,6,8-10,15,17H,2,5,7H2,1H3,(H,23,25). The molecule has 0 spiro atoms. The van der Waals surface area contributed by atoms with Crippen LogP contribution in [0.1, 0.15) is 35.3 Å². The minimum atomic E-state index is -1.49. The maximum atomic E-state index is 13.6. The van der Waals surface area contributed by atoms with E-state index in [1.807, 2.05) is 11.8 Å². The molecule has 1 fully saturated rings. The molecular weight excluding hydrogens is 331 g/mol. The first-order chi connectivity index (χ1) is 12.0. The monoisotopic (exact) mass is 349 g/mol. The lowest BCUT2D eigenvalue weighted by Crippen LogP contribution is -2.39. The molecule has 132 valence electrons. The molecule has 0 radical (unpaired) electrons. The summed E-state index contributed by atoms with van der Waals surface area (Å²) in [5.41, 5.74) is 0.722. The van der Waals surface area contributed by atoms with Gasteiger partial charge in [-0.3, -0.25) is 14.7 Å². The number of likely N-dealkylation sites (tertiary alicyclic amines) is 1. The predicted molar refractivity (Wildman–Crippen MR) is 86.4 cm³/mol. The van der Waals surface area contributed by atoms with Gasteiger partial charge in [0.05, 0.1) is 17.6 Å². The van der Waals surface area contributed by atoms with Gasteiger partial charge in [0.2, 0.25) is 0 Å². The van der Waals surface area contributed by atoms with E-state index in [0.717, 1.165) is 12.1 Å². The average Bonchev–Trinajstić information content (AvgIpc) is 3.02. The summed E-state index contributed by atoms with van der Waals surface area (Å²) in [5, 5.41) is 2.90. The second-order valence-electron chi connectivity index (χ2n) is 5.98. The topological polar surface area (TPSA) is 45.2 Å². The zero-order valence-corrected chi connectivity index (χ0v) is 13.7. The second-order valence-corrected chi connectivity index (χ2v) is 5.98. The molecule has 1 aliphatic heterocycles. The SMILES string of the molecule is CCN1CCC(NC(=O)c2cccnc2)C1c1cc(F)c(F)c(F)c1. The fraction of sp³-hybridized carbons (Fsp3) is 0.333. The number of carbonyl (C=O) groups excluding carboxylic acids is 1. The van der Waals surface area contributed by atoms with E-state index in [9.17, 15) is 18.0 Å². The summed E-state index contributed by atoms with van der Waals surface area (Å²) in [6, 6.07) is 4.54. The Balaban J connectivity index is 1.87. The first kappa shape index (κ1) is 17.4. The van der Waals surface area contributed by atoms with Crippen LogP contribution in [0, 0.1) is 17.5 Å². The maximum absolute atomic E-state index is 13.6. The van der Waals surface area contributed by atoms with Crippen molar-refractivity contribution in [3.05, 3.63) is 65.2 Å². The third-order valence-corrected chi connectivity index (χ3v) is 4.50. The number of hydrogen-bond acceptors (Lipinski definition) is 3. The number of aromatic nitrogens is 1. The molecule has 1 aromatic heterocycles. The van der Waals surface area contributed by atoms with Crippen LogP contribution >= 0.6 is 0 Å². The van der Waals surface area contributed by atoms with E-state index >= 15 is 0 Å². The van der Waals surface area contributed by atoms with E-state index in [0.29, 0.717) is 30.6 Å². The molecule has 1 aliphatic rings. The molecule has 0 saturated carbocycles. The highest BCUT2D eigenvalue weighted by molar-refractivity contribution is 5.94. The van der Waals surface area contributed by atoms with E-state index in [2.05, 4.69) is 10.3 Å². The lowest BCUT2D eigenvalue weighted by atomic mass is 9.99. The van der Waals surface area contributed by atoms with Gasteiger partial charge in [-0.05, 0) is 42.8 Å². The van der Waals surface area contributed by atoms with Crippen molar-refractivity contribution in [1.82, 2.24) is 15.2 Å². The number of nitrogens with zero attached hydrogens (tertiary/aromatic N) is 2. The zero-order chi connectivity index (χ0) is 18.0. The molecule has 2 unspecified atom stereocenters. The third kappa shape index (κ3) is 3.51.